The molecule has 0 aliphatic rings. The van der Waals surface area contributed by atoms with Crippen molar-refractivity contribution in [2.75, 3.05) is 0 Å². The summed E-state index contributed by atoms with van der Waals surface area (Å²) >= 11 is 0. The maximum absolute atomic E-state index is 10.8. The Hall–Kier alpha value is -1.42. The molecule has 4 heteroatoms. The van der Waals surface area contributed by atoms with Gasteiger partial charge >= 0.3 is 0 Å². The highest BCUT2D eigenvalue weighted by atomic mass is 16.6. The first-order valence-corrected chi connectivity index (χ1v) is 6.13. The van der Waals surface area contributed by atoms with Gasteiger partial charge in [-0.3, -0.25) is 10.1 Å². The van der Waals surface area contributed by atoms with Gasteiger partial charge in [0.1, 0.15) is 0 Å². The van der Waals surface area contributed by atoms with Crippen molar-refractivity contribution in [3.63, 3.8) is 0 Å². The van der Waals surface area contributed by atoms with Crippen molar-refractivity contribution in [1.82, 2.24) is 0 Å². The third-order valence-corrected chi connectivity index (χ3v) is 2.87. The first-order chi connectivity index (χ1) is 8.15. The molecule has 0 radical (unpaired) electrons. The molecule has 0 spiro atoms. The van der Waals surface area contributed by atoms with Crippen molar-refractivity contribution in [3.8, 4) is 0 Å². The van der Waals surface area contributed by atoms with Gasteiger partial charge in [-0.15, -0.1) is 0 Å². The highest BCUT2D eigenvalue weighted by Crippen LogP contribution is 2.20. The lowest BCUT2D eigenvalue weighted by Gasteiger charge is -2.09. The quantitative estimate of drug-likeness (QED) is 0.584. The third-order valence-electron chi connectivity index (χ3n) is 2.87. The van der Waals surface area contributed by atoms with Gasteiger partial charge in [0, 0.05) is 17.7 Å². The van der Waals surface area contributed by atoms with Gasteiger partial charge in [-0.1, -0.05) is 31.5 Å². The van der Waals surface area contributed by atoms with Crippen LogP contribution in [0.4, 0.5) is 5.69 Å². The molecule has 0 aliphatic heterocycles. The average molecular weight is 236 g/mol. The zero-order valence-electron chi connectivity index (χ0n) is 10.3. The number of aryl methyl sites for hydroxylation is 1. The molecular formula is C13H20N2O2. The number of nitrogens with two attached hydrogens (primary N) is 1. The minimum Gasteiger partial charge on any atom is -0.328 e. The van der Waals surface area contributed by atoms with Crippen LogP contribution in [0.1, 0.15) is 38.2 Å². The van der Waals surface area contributed by atoms with Crippen molar-refractivity contribution in [3.05, 3.63) is 39.9 Å². The molecule has 1 atom stereocenters. The SMILES string of the molecule is CCCC(N)CCCc1ccccc1[N+](=O)[O-]. The molecule has 94 valence electrons. The molecule has 0 bridgehead atoms. The van der Waals surface area contributed by atoms with Crippen LogP contribution in [0.2, 0.25) is 0 Å². The molecular weight excluding hydrogens is 216 g/mol. The summed E-state index contributed by atoms with van der Waals surface area (Å²) in [6.45, 7) is 2.11. The van der Waals surface area contributed by atoms with Gasteiger partial charge in [0.25, 0.3) is 5.69 Å². The van der Waals surface area contributed by atoms with Crippen molar-refractivity contribution < 1.29 is 4.92 Å². The van der Waals surface area contributed by atoms with Crippen molar-refractivity contribution in [2.45, 2.75) is 45.1 Å². The Balaban J connectivity index is 2.49. The second-order valence-corrected chi connectivity index (χ2v) is 4.33. The molecule has 0 aromatic heterocycles. The van der Waals surface area contributed by atoms with Gasteiger partial charge in [0.15, 0.2) is 0 Å². The van der Waals surface area contributed by atoms with E-state index >= 15 is 0 Å². The molecule has 0 saturated heterocycles. The molecule has 17 heavy (non-hydrogen) atoms. The number of hydrogen-bond acceptors (Lipinski definition) is 3. The van der Waals surface area contributed by atoms with Crippen molar-refractivity contribution in [1.29, 1.82) is 0 Å². The van der Waals surface area contributed by atoms with E-state index in [9.17, 15) is 10.1 Å². The van der Waals surface area contributed by atoms with E-state index in [1.807, 2.05) is 12.1 Å². The lowest BCUT2D eigenvalue weighted by atomic mass is 10.0. The van der Waals surface area contributed by atoms with E-state index in [4.69, 9.17) is 5.73 Å². The van der Waals surface area contributed by atoms with E-state index in [-0.39, 0.29) is 16.7 Å². The van der Waals surface area contributed by atoms with Crippen LogP contribution in [0.25, 0.3) is 0 Å². The van der Waals surface area contributed by atoms with Gasteiger partial charge in [-0.05, 0) is 25.7 Å². The standard InChI is InChI=1S/C13H20N2O2/c1-2-6-12(14)9-5-8-11-7-3-4-10-13(11)15(16)17/h3-4,7,10,12H,2,5-6,8-9,14H2,1H3. The maximum Gasteiger partial charge on any atom is 0.272 e. The number of hydrogen-bond donors (Lipinski definition) is 1. The molecule has 0 fully saturated rings. The first-order valence-electron chi connectivity index (χ1n) is 6.13. The zero-order chi connectivity index (χ0) is 12.7. The summed E-state index contributed by atoms with van der Waals surface area (Å²) in [5, 5.41) is 10.8. The molecule has 1 aromatic rings. The van der Waals surface area contributed by atoms with Crippen LogP contribution in [-0.2, 0) is 6.42 Å². The van der Waals surface area contributed by atoms with Gasteiger partial charge in [0.05, 0.1) is 4.92 Å². The van der Waals surface area contributed by atoms with E-state index < -0.39 is 0 Å². The minimum atomic E-state index is -0.318. The number of nitro benzene ring substituents is 1. The van der Waals surface area contributed by atoms with Crippen LogP contribution in [-0.4, -0.2) is 11.0 Å². The zero-order valence-corrected chi connectivity index (χ0v) is 10.3. The number of para-hydroxylation sites is 1. The summed E-state index contributed by atoms with van der Waals surface area (Å²) in [5.74, 6) is 0. The van der Waals surface area contributed by atoms with E-state index in [0.29, 0.717) is 0 Å². The second-order valence-electron chi connectivity index (χ2n) is 4.33. The van der Waals surface area contributed by atoms with Crippen molar-refractivity contribution in [2.24, 2.45) is 5.73 Å². The van der Waals surface area contributed by atoms with E-state index in [2.05, 4.69) is 6.92 Å². The largest absolute Gasteiger partial charge is 0.328 e. The fourth-order valence-corrected chi connectivity index (χ4v) is 1.97. The van der Waals surface area contributed by atoms with Crippen LogP contribution < -0.4 is 5.73 Å². The average Bonchev–Trinajstić information content (AvgIpc) is 2.30. The van der Waals surface area contributed by atoms with Gasteiger partial charge in [0.2, 0.25) is 0 Å². The Morgan fingerprint density at radius 2 is 2.06 bits per heavy atom. The van der Waals surface area contributed by atoms with E-state index in [0.717, 1.165) is 37.7 Å². The highest BCUT2D eigenvalue weighted by Gasteiger charge is 2.12. The molecule has 0 heterocycles. The van der Waals surface area contributed by atoms with E-state index in [1.54, 1.807) is 12.1 Å². The second kappa shape index (κ2) is 7.01. The van der Waals surface area contributed by atoms with Gasteiger partial charge < -0.3 is 5.73 Å². The molecule has 1 aromatic carbocycles. The number of rotatable bonds is 7. The lowest BCUT2D eigenvalue weighted by molar-refractivity contribution is -0.385. The molecule has 0 aliphatic carbocycles. The Bertz CT molecular complexity index is 366. The first kappa shape index (κ1) is 13.6. The van der Waals surface area contributed by atoms with Gasteiger partial charge in [-0.2, -0.15) is 0 Å². The fraction of sp³-hybridized carbons (Fsp3) is 0.538. The van der Waals surface area contributed by atoms with Gasteiger partial charge in [-0.25, -0.2) is 0 Å². The lowest BCUT2D eigenvalue weighted by Crippen LogP contribution is -2.19. The minimum absolute atomic E-state index is 0.219. The molecule has 4 nitrogen and oxygen atoms in total. The third kappa shape index (κ3) is 4.53. The Morgan fingerprint density at radius 3 is 2.71 bits per heavy atom. The van der Waals surface area contributed by atoms with E-state index in [1.165, 1.54) is 0 Å². The molecule has 0 saturated carbocycles. The Kier molecular flexibility index (Phi) is 5.63. The summed E-state index contributed by atoms with van der Waals surface area (Å²) in [6.07, 6.45) is 4.68. The van der Waals surface area contributed by atoms with Crippen LogP contribution >= 0.6 is 0 Å². The molecule has 1 rings (SSSR count). The Labute approximate surface area is 102 Å². The summed E-state index contributed by atoms with van der Waals surface area (Å²) in [4.78, 5) is 10.5. The van der Waals surface area contributed by atoms with Crippen LogP contribution in [0, 0.1) is 10.1 Å². The molecule has 1 unspecified atom stereocenters. The number of nitro groups is 1. The fourth-order valence-electron chi connectivity index (χ4n) is 1.97. The van der Waals surface area contributed by atoms with Crippen molar-refractivity contribution >= 4 is 5.69 Å². The van der Waals surface area contributed by atoms with Crippen LogP contribution in [0.15, 0.2) is 24.3 Å². The predicted octanol–water partition coefficient (Wildman–Crippen LogP) is 3.04. The van der Waals surface area contributed by atoms with Crippen LogP contribution in [0.5, 0.6) is 0 Å². The number of nitrogens with zero attached hydrogens (tertiary/aromatic N) is 1. The smallest absolute Gasteiger partial charge is 0.272 e. The Morgan fingerprint density at radius 1 is 1.35 bits per heavy atom. The summed E-state index contributed by atoms with van der Waals surface area (Å²) < 4.78 is 0. The summed E-state index contributed by atoms with van der Waals surface area (Å²) in [6, 6.07) is 7.14. The topological polar surface area (TPSA) is 69.2 Å². The molecule has 0 amide bonds. The highest BCUT2D eigenvalue weighted by molar-refractivity contribution is 5.39. The van der Waals surface area contributed by atoms with Crippen LogP contribution in [0.3, 0.4) is 0 Å². The molecule has 2 N–H and O–H groups in total. The number of benzene rings is 1. The normalized spacial score (nSPS) is 12.4. The summed E-state index contributed by atoms with van der Waals surface area (Å²) in [5.41, 5.74) is 6.94. The summed E-state index contributed by atoms with van der Waals surface area (Å²) in [7, 11) is 0. The predicted molar refractivity (Wildman–Crippen MR) is 68.9 cm³/mol. The monoisotopic (exact) mass is 236 g/mol. The maximum atomic E-state index is 10.8.